The van der Waals surface area contributed by atoms with Gasteiger partial charge in [0.1, 0.15) is 6.04 Å². The average Bonchev–Trinajstić information content (AvgIpc) is 3.22. The first kappa shape index (κ1) is 15.6. The Kier molecular flexibility index (Phi) is 5.00. The number of morpholine rings is 1. The lowest BCUT2D eigenvalue weighted by atomic mass is 10.1. The van der Waals surface area contributed by atoms with Crippen molar-refractivity contribution in [1.82, 2.24) is 15.5 Å². The minimum atomic E-state index is -0.983. The number of carboxylic acids is 1. The van der Waals surface area contributed by atoms with E-state index in [0.29, 0.717) is 13.2 Å². The Morgan fingerprint density at radius 2 is 2.10 bits per heavy atom. The van der Waals surface area contributed by atoms with Gasteiger partial charge in [-0.05, 0) is 19.8 Å². The van der Waals surface area contributed by atoms with Crippen LogP contribution in [0.4, 0.5) is 4.79 Å². The molecule has 118 valence electrons. The summed E-state index contributed by atoms with van der Waals surface area (Å²) in [5.74, 6) is -1.20. The van der Waals surface area contributed by atoms with Crippen LogP contribution >= 0.6 is 0 Å². The molecule has 3 amide bonds. The van der Waals surface area contributed by atoms with Crippen LogP contribution in [0, 0.1) is 0 Å². The maximum absolute atomic E-state index is 12.2. The number of ether oxygens (including phenoxy) is 1. The van der Waals surface area contributed by atoms with Gasteiger partial charge in [-0.3, -0.25) is 9.59 Å². The van der Waals surface area contributed by atoms with Crippen LogP contribution < -0.4 is 10.6 Å². The molecule has 2 aliphatic rings. The van der Waals surface area contributed by atoms with E-state index in [1.165, 1.54) is 4.90 Å². The van der Waals surface area contributed by atoms with Crippen molar-refractivity contribution in [3.05, 3.63) is 0 Å². The third-order valence-corrected chi connectivity index (χ3v) is 3.56. The van der Waals surface area contributed by atoms with Crippen molar-refractivity contribution in [3.63, 3.8) is 0 Å². The summed E-state index contributed by atoms with van der Waals surface area (Å²) in [5, 5.41) is 14.3. The topological polar surface area (TPSA) is 108 Å². The number of carboxylic acid groups (broad SMARTS) is 1. The average molecular weight is 299 g/mol. The minimum absolute atomic E-state index is 0.171. The zero-order valence-corrected chi connectivity index (χ0v) is 12.0. The monoisotopic (exact) mass is 299 g/mol. The van der Waals surface area contributed by atoms with E-state index in [9.17, 15) is 14.4 Å². The molecule has 1 saturated heterocycles. The zero-order chi connectivity index (χ0) is 15.4. The first-order valence-corrected chi connectivity index (χ1v) is 7.14. The molecule has 1 saturated carbocycles. The third kappa shape index (κ3) is 4.59. The highest BCUT2D eigenvalue weighted by Crippen LogP contribution is 2.18. The molecule has 8 heteroatoms. The Bertz CT molecular complexity index is 424. The highest BCUT2D eigenvalue weighted by atomic mass is 16.5. The van der Waals surface area contributed by atoms with Gasteiger partial charge in [-0.25, -0.2) is 4.79 Å². The third-order valence-electron chi connectivity index (χ3n) is 3.56. The quantitative estimate of drug-likeness (QED) is 0.636. The van der Waals surface area contributed by atoms with Gasteiger partial charge >= 0.3 is 12.0 Å². The molecule has 0 bridgehead atoms. The van der Waals surface area contributed by atoms with Gasteiger partial charge in [0, 0.05) is 12.6 Å². The fourth-order valence-electron chi connectivity index (χ4n) is 2.18. The number of urea groups is 1. The maximum Gasteiger partial charge on any atom is 0.318 e. The Hall–Kier alpha value is -1.83. The van der Waals surface area contributed by atoms with Crippen LogP contribution in [0.1, 0.15) is 26.2 Å². The Balaban J connectivity index is 1.86. The normalized spacial score (nSPS) is 23.3. The van der Waals surface area contributed by atoms with Gasteiger partial charge in [0.15, 0.2) is 0 Å². The molecule has 1 aliphatic carbocycles. The predicted molar refractivity (Wildman–Crippen MR) is 72.7 cm³/mol. The number of carbonyl (C=O) groups is 3. The van der Waals surface area contributed by atoms with E-state index in [4.69, 9.17) is 9.84 Å². The molecular weight excluding hydrogens is 278 g/mol. The van der Waals surface area contributed by atoms with Crippen molar-refractivity contribution in [1.29, 1.82) is 0 Å². The van der Waals surface area contributed by atoms with Crippen LogP contribution in [0.15, 0.2) is 0 Å². The van der Waals surface area contributed by atoms with E-state index in [1.807, 2.05) is 0 Å². The molecule has 2 rings (SSSR count). The second kappa shape index (κ2) is 6.75. The van der Waals surface area contributed by atoms with Crippen molar-refractivity contribution in [2.45, 2.75) is 44.3 Å². The van der Waals surface area contributed by atoms with E-state index < -0.39 is 24.1 Å². The largest absolute Gasteiger partial charge is 0.481 e. The molecule has 21 heavy (non-hydrogen) atoms. The van der Waals surface area contributed by atoms with Crippen molar-refractivity contribution < 1.29 is 24.2 Å². The lowest BCUT2D eigenvalue weighted by Gasteiger charge is -2.35. The summed E-state index contributed by atoms with van der Waals surface area (Å²) >= 11 is 0. The molecule has 2 atom stereocenters. The van der Waals surface area contributed by atoms with Crippen molar-refractivity contribution in [3.8, 4) is 0 Å². The summed E-state index contributed by atoms with van der Waals surface area (Å²) < 4.78 is 5.21. The summed E-state index contributed by atoms with van der Waals surface area (Å²) in [6.45, 7) is 2.50. The first-order chi connectivity index (χ1) is 9.97. The van der Waals surface area contributed by atoms with Crippen molar-refractivity contribution in [2.24, 2.45) is 0 Å². The molecule has 8 nitrogen and oxygen atoms in total. The van der Waals surface area contributed by atoms with Gasteiger partial charge in [-0.15, -0.1) is 0 Å². The van der Waals surface area contributed by atoms with Crippen LogP contribution in [0.3, 0.4) is 0 Å². The van der Waals surface area contributed by atoms with Gasteiger partial charge in [-0.2, -0.15) is 0 Å². The van der Waals surface area contributed by atoms with Gasteiger partial charge in [0.05, 0.1) is 25.7 Å². The van der Waals surface area contributed by atoms with Gasteiger partial charge < -0.3 is 25.4 Å². The van der Waals surface area contributed by atoms with Crippen LogP contribution in [-0.2, 0) is 14.3 Å². The highest BCUT2D eigenvalue weighted by Gasteiger charge is 2.31. The molecule has 2 fully saturated rings. The van der Waals surface area contributed by atoms with Gasteiger partial charge in [0.2, 0.25) is 5.91 Å². The van der Waals surface area contributed by atoms with E-state index in [2.05, 4.69) is 10.6 Å². The van der Waals surface area contributed by atoms with Gasteiger partial charge in [-0.1, -0.05) is 0 Å². The molecule has 0 aromatic heterocycles. The fraction of sp³-hybridized carbons (Fsp3) is 0.769. The standard InChI is InChI=1S/C13H21N3O5/c1-8(12(19)15-9-2-3-9)14-13(20)16-4-5-21-7-10(16)6-11(17)18/h8-10H,2-7H2,1H3,(H,14,20)(H,15,19)(H,17,18). The lowest BCUT2D eigenvalue weighted by Crippen LogP contribution is -2.56. The lowest BCUT2D eigenvalue weighted by molar-refractivity contribution is -0.139. The van der Waals surface area contributed by atoms with Crippen LogP contribution in [0.25, 0.3) is 0 Å². The Labute approximate surface area is 122 Å². The van der Waals surface area contributed by atoms with E-state index >= 15 is 0 Å². The molecule has 1 heterocycles. The summed E-state index contributed by atoms with van der Waals surface area (Å²) in [6.07, 6.45) is 1.79. The Morgan fingerprint density at radius 1 is 1.38 bits per heavy atom. The SMILES string of the molecule is CC(NC(=O)N1CCOCC1CC(=O)O)C(=O)NC1CC1. The first-order valence-electron chi connectivity index (χ1n) is 7.14. The molecule has 0 radical (unpaired) electrons. The number of carbonyl (C=O) groups excluding carboxylic acids is 2. The molecule has 0 aromatic carbocycles. The minimum Gasteiger partial charge on any atom is -0.481 e. The summed E-state index contributed by atoms with van der Waals surface area (Å²) in [7, 11) is 0. The maximum atomic E-state index is 12.2. The van der Waals surface area contributed by atoms with Crippen molar-refractivity contribution in [2.75, 3.05) is 19.8 Å². The molecular formula is C13H21N3O5. The summed E-state index contributed by atoms with van der Waals surface area (Å²) in [4.78, 5) is 36.2. The molecule has 2 unspecified atom stereocenters. The predicted octanol–water partition coefficient (Wildman–Crippen LogP) is -0.461. The number of nitrogens with one attached hydrogen (secondary N) is 2. The molecule has 3 N–H and O–H groups in total. The smallest absolute Gasteiger partial charge is 0.318 e. The van der Waals surface area contributed by atoms with Crippen LogP contribution in [-0.4, -0.2) is 65.8 Å². The van der Waals surface area contributed by atoms with E-state index in [0.717, 1.165) is 12.8 Å². The van der Waals surface area contributed by atoms with Crippen LogP contribution in [0.2, 0.25) is 0 Å². The second-order valence-electron chi connectivity index (χ2n) is 5.47. The number of hydrogen-bond donors (Lipinski definition) is 3. The second-order valence-corrected chi connectivity index (χ2v) is 5.47. The van der Waals surface area contributed by atoms with Crippen molar-refractivity contribution >= 4 is 17.9 Å². The molecule has 1 aliphatic heterocycles. The summed E-state index contributed by atoms with van der Waals surface area (Å²) in [5.41, 5.74) is 0. The van der Waals surface area contributed by atoms with E-state index in [-0.39, 0.29) is 25.0 Å². The number of nitrogens with zero attached hydrogens (tertiary/aromatic N) is 1. The number of aliphatic carboxylic acids is 1. The molecule has 0 spiro atoms. The van der Waals surface area contributed by atoms with E-state index in [1.54, 1.807) is 6.92 Å². The van der Waals surface area contributed by atoms with Gasteiger partial charge in [0.25, 0.3) is 0 Å². The van der Waals surface area contributed by atoms with Crippen LogP contribution in [0.5, 0.6) is 0 Å². The number of hydrogen-bond acceptors (Lipinski definition) is 4. The summed E-state index contributed by atoms with van der Waals surface area (Å²) in [6, 6.07) is -1.34. The number of rotatable bonds is 5. The fourth-order valence-corrected chi connectivity index (χ4v) is 2.18. The molecule has 0 aromatic rings. The Morgan fingerprint density at radius 3 is 2.71 bits per heavy atom. The zero-order valence-electron chi connectivity index (χ0n) is 12.0. The highest BCUT2D eigenvalue weighted by molar-refractivity contribution is 5.87. The number of amides is 3.